The van der Waals surface area contributed by atoms with Crippen LogP contribution in [0.3, 0.4) is 0 Å². The van der Waals surface area contributed by atoms with Gasteiger partial charge in [-0.05, 0) is 51.0 Å². The smallest absolute Gasteiger partial charge is 0.338 e. The molecule has 0 bridgehead atoms. The zero-order chi connectivity index (χ0) is 17.7. The highest BCUT2D eigenvalue weighted by atomic mass is 16.5. The van der Waals surface area contributed by atoms with Crippen molar-refractivity contribution in [3.8, 4) is 0 Å². The first-order chi connectivity index (χ1) is 11.5. The van der Waals surface area contributed by atoms with Gasteiger partial charge in [-0.25, -0.2) is 4.79 Å². The minimum absolute atomic E-state index is 0.0536. The molecule has 6 heteroatoms. The summed E-state index contributed by atoms with van der Waals surface area (Å²) in [6.07, 6.45) is 1.44. The van der Waals surface area contributed by atoms with E-state index in [1.165, 1.54) is 0 Å². The summed E-state index contributed by atoms with van der Waals surface area (Å²) in [5, 5.41) is 5.68. The van der Waals surface area contributed by atoms with E-state index in [0.29, 0.717) is 24.3 Å². The molecule has 1 aliphatic rings. The highest BCUT2D eigenvalue weighted by Gasteiger charge is 2.48. The third-order valence-electron chi connectivity index (χ3n) is 4.13. The molecule has 0 aliphatic heterocycles. The van der Waals surface area contributed by atoms with Crippen LogP contribution in [0.1, 0.15) is 44.0 Å². The topological polar surface area (TPSA) is 84.5 Å². The monoisotopic (exact) mass is 332 g/mol. The van der Waals surface area contributed by atoms with Gasteiger partial charge in [0.25, 0.3) is 0 Å². The minimum atomic E-state index is -0.389. The van der Waals surface area contributed by atoms with Gasteiger partial charge in [-0.2, -0.15) is 0 Å². The lowest BCUT2D eigenvalue weighted by molar-refractivity contribution is -0.125. The average Bonchev–Trinajstić information content (AvgIpc) is 3.36. The van der Waals surface area contributed by atoms with Gasteiger partial charge >= 0.3 is 5.97 Å². The van der Waals surface area contributed by atoms with E-state index in [9.17, 15) is 14.4 Å². The fourth-order valence-electron chi connectivity index (χ4n) is 2.37. The summed E-state index contributed by atoms with van der Waals surface area (Å²) in [4.78, 5) is 35.7. The third kappa shape index (κ3) is 4.57. The Balaban J connectivity index is 1.85. The van der Waals surface area contributed by atoms with E-state index in [4.69, 9.17) is 4.74 Å². The standard InChI is InChI=1S/C18H24N2O4/c1-4-11(3)19-16(21)14-10-15(14)17(22)20-13-8-6-12(7-9-13)18(23)24-5-2/h6-9,11,14-15H,4-5,10H2,1-3H3,(H,19,21)(H,20,22). The fourth-order valence-corrected chi connectivity index (χ4v) is 2.37. The number of hydrogen-bond acceptors (Lipinski definition) is 4. The summed E-state index contributed by atoms with van der Waals surface area (Å²) in [7, 11) is 0. The first-order valence-corrected chi connectivity index (χ1v) is 8.34. The Labute approximate surface area is 142 Å². The second kappa shape index (κ2) is 7.95. The number of carbonyl (C=O) groups excluding carboxylic acids is 3. The molecular formula is C18H24N2O4. The fraction of sp³-hybridized carbons (Fsp3) is 0.500. The van der Waals surface area contributed by atoms with Crippen molar-refractivity contribution in [3.63, 3.8) is 0 Å². The molecule has 130 valence electrons. The maximum Gasteiger partial charge on any atom is 0.338 e. The molecule has 0 spiro atoms. The highest BCUT2D eigenvalue weighted by molar-refractivity contribution is 6.00. The number of rotatable bonds is 7. The van der Waals surface area contributed by atoms with Crippen LogP contribution in [0.15, 0.2) is 24.3 Å². The Morgan fingerprint density at radius 3 is 2.33 bits per heavy atom. The zero-order valence-corrected chi connectivity index (χ0v) is 14.3. The molecule has 0 saturated heterocycles. The number of hydrogen-bond donors (Lipinski definition) is 2. The van der Waals surface area contributed by atoms with E-state index in [0.717, 1.165) is 6.42 Å². The molecule has 0 radical (unpaired) electrons. The Bertz CT molecular complexity index is 612. The van der Waals surface area contributed by atoms with Crippen molar-refractivity contribution in [2.45, 2.75) is 39.7 Å². The van der Waals surface area contributed by atoms with Crippen molar-refractivity contribution in [2.24, 2.45) is 11.8 Å². The predicted octanol–water partition coefficient (Wildman–Crippen LogP) is 2.35. The molecule has 1 aromatic carbocycles. The van der Waals surface area contributed by atoms with Crippen molar-refractivity contribution in [1.82, 2.24) is 5.32 Å². The number of anilines is 1. The van der Waals surface area contributed by atoms with Gasteiger partial charge in [0.15, 0.2) is 0 Å². The molecule has 1 saturated carbocycles. The van der Waals surface area contributed by atoms with E-state index in [2.05, 4.69) is 10.6 Å². The van der Waals surface area contributed by atoms with Gasteiger partial charge in [0.2, 0.25) is 11.8 Å². The van der Waals surface area contributed by atoms with Gasteiger partial charge in [0.1, 0.15) is 0 Å². The summed E-state index contributed by atoms with van der Waals surface area (Å²) in [6, 6.07) is 6.64. The van der Waals surface area contributed by atoms with E-state index >= 15 is 0 Å². The molecule has 2 amide bonds. The van der Waals surface area contributed by atoms with Gasteiger partial charge in [0.05, 0.1) is 24.0 Å². The SMILES string of the molecule is CCOC(=O)c1ccc(NC(=O)C2CC2C(=O)NC(C)CC)cc1. The Kier molecular flexibility index (Phi) is 5.95. The van der Waals surface area contributed by atoms with Crippen molar-refractivity contribution in [2.75, 3.05) is 11.9 Å². The third-order valence-corrected chi connectivity index (χ3v) is 4.13. The number of benzene rings is 1. The summed E-state index contributed by atoms with van der Waals surface area (Å²) in [5.74, 6) is -1.12. The summed E-state index contributed by atoms with van der Waals surface area (Å²) in [5.41, 5.74) is 1.04. The highest BCUT2D eigenvalue weighted by Crippen LogP contribution is 2.39. The summed E-state index contributed by atoms with van der Waals surface area (Å²) >= 11 is 0. The first-order valence-electron chi connectivity index (χ1n) is 8.34. The molecule has 0 aromatic heterocycles. The Morgan fingerprint density at radius 1 is 1.12 bits per heavy atom. The van der Waals surface area contributed by atoms with Crippen molar-refractivity contribution >= 4 is 23.5 Å². The number of carbonyl (C=O) groups is 3. The van der Waals surface area contributed by atoms with Crippen LogP contribution in [-0.4, -0.2) is 30.4 Å². The van der Waals surface area contributed by atoms with Crippen molar-refractivity contribution in [3.05, 3.63) is 29.8 Å². The van der Waals surface area contributed by atoms with Crippen LogP contribution in [-0.2, 0) is 14.3 Å². The van der Waals surface area contributed by atoms with E-state index in [1.807, 2.05) is 13.8 Å². The van der Waals surface area contributed by atoms with E-state index in [1.54, 1.807) is 31.2 Å². The molecule has 24 heavy (non-hydrogen) atoms. The van der Waals surface area contributed by atoms with E-state index < -0.39 is 0 Å². The van der Waals surface area contributed by atoms with Crippen LogP contribution in [0.4, 0.5) is 5.69 Å². The summed E-state index contributed by atoms with van der Waals surface area (Å²) < 4.78 is 4.91. The molecular weight excluding hydrogens is 308 g/mol. The minimum Gasteiger partial charge on any atom is -0.462 e. The van der Waals surface area contributed by atoms with Gasteiger partial charge < -0.3 is 15.4 Å². The second-order valence-electron chi connectivity index (χ2n) is 6.05. The molecule has 0 heterocycles. The lowest BCUT2D eigenvalue weighted by atomic mass is 10.2. The number of nitrogens with one attached hydrogen (secondary N) is 2. The van der Waals surface area contributed by atoms with E-state index in [-0.39, 0.29) is 35.7 Å². The lowest BCUT2D eigenvalue weighted by Gasteiger charge is -2.11. The average molecular weight is 332 g/mol. The second-order valence-corrected chi connectivity index (χ2v) is 6.05. The largest absolute Gasteiger partial charge is 0.462 e. The van der Waals surface area contributed by atoms with Crippen LogP contribution >= 0.6 is 0 Å². The molecule has 1 aliphatic carbocycles. The van der Waals surface area contributed by atoms with Gasteiger partial charge in [-0.15, -0.1) is 0 Å². The van der Waals surface area contributed by atoms with Gasteiger partial charge in [-0.3, -0.25) is 9.59 Å². The van der Waals surface area contributed by atoms with Crippen LogP contribution in [0.5, 0.6) is 0 Å². The molecule has 2 N–H and O–H groups in total. The predicted molar refractivity (Wildman–Crippen MR) is 90.5 cm³/mol. The normalized spacial score (nSPS) is 20.0. The molecule has 6 nitrogen and oxygen atoms in total. The first kappa shape index (κ1) is 18.0. The number of amides is 2. The molecule has 1 fully saturated rings. The van der Waals surface area contributed by atoms with Crippen LogP contribution in [0, 0.1) is 11.8 Å². The zero-order valence-electron chi connectivity index (χ0n) is 14.3. The van der Waals surface area contributed by atoms with Gasteiger partial charge in [0, 0.05) is 11.7 Å². The van der Waals surface area contributed by atoms with Crippen LogP contribution in [0.2, 0.25) is 0 Å². The van der Waals surface area contributed by atoms with Crippen LogP contribution < -0.4 is 10.6 Å². The number of ether oxygens (including phenoxy) is 1. The van der Waals surface area contributed by atoms with Crippen LogP contribution in [0.25, 0.3) is 0 Å². The lowest BCUT2D eigenvalue weighted by Crippen LogP contribution is -2.34. The Morgan fingerprint density at radius 2 is 1.75 bits per heavy atom. The van der Waals surface area contributed by atoms with Crippen molar-refractivity contribution in [1.29, 1.82) is 0 Å². The number of esters is 1. The summed E-state index contributed by atoms with van der Waals surface area (Å²) in [6.45, 7) is 6.01. The maximum atomic E-state index is 12.2. The molecule has 1 aromatic rings. The molecule has 3 unspecified atom stereocenters. The van der Waals surface area contributed by atoms with Gasteiger partial charge in [-0.1, -0.05) is 6.92 Å². The quantitative estimate of drug-likeness (QED) is 0.751. The molecule has 3 atom stereocenters. The Hall–Kier alpha value is -2.37. The van der Waals surface area contributed by atoms with Crippen molar-refractivity contribution < 1.29 is 19.1 Å². The molecule has 2 rings (SSSR count). The maximum absolute atomic E-state index is 12.2.